The van der Waals surface area contributed by atoms with Crippen LogP contribution < -0.4 is 0 Å². The second-order valence-corrected chi connectivity index (χ2v) is 11.7. The van der Waals surface area contributed by atoms with E-state index in [1.807, 2.05) is 0 Å². The molecular formula is C42H24. The largest absolute Gasteiger partial charge is 0.0616 e. The summed E-state index contributed by atoms with van der Waals surface area (Å²) in [6.07, 6.45) is 0. The Morgan fingerprint density at radius 3 is 1.19 bits per heavy atom. The third-order valence-corrected chi connectivity index (χ3v) is 9.50. The lowest BCUT2D eigenvalue weighted by Gasteiger charge is -2.17. The van der Waals surface area contributed by atoms with E-state index in [4.69, 9.17) is 0 Å². The maximum Gasteiger partial charge on any atom is -0.00139 e. The van der Waals surface area contributed by atoms with Crippen LogP contribution in [0.25, 0.3) is 97.3 Å². The van der Waals surface area contributed by atoms with Gasteiger partial charge in [0.15, 0.2) is 0 Å². The summed E-state index contributed by atoms with van der Waals surface area (Å²) in [6.45, 7) is 0. The highest BCUT2D eigenvalue weighted by molar-refractivity contribution is 6.39. The van der Waals surface area contributed by atoms with E-state index in [-0.39, 0.29) is 0 Å². The van der Waals surface area contributed by atoms with Crippen LogP contribution in [0.2, 0.25) is 0 Å². The minimum absolute atomic E-state index is 1.25. The molecule has 0 atom stereocenters. The van der Waals surface area contributed by atoms with E-state index in [2.05, 4.69) is 146 Å². The van der Waals surface area contributed by atoms with E-state index in [1.54, 1.807) is 0 Å². The van der Waals surface area contributed by atoms with Crippen LogP contribution in [0.1, 0.15) is 0 Å². The Bertz CT molecular complexity index is 2660. The van der Waals surface area contributed by atoms with E-state index in [1.165, 1.54) is 97.3 Å². The van der Waals surface area contributed by atoms with Gasteiger partial charge in [0.25, 0.3) is 0 Å². The first-order valence-corrected chi connectivity index (χ1v) is 14.7. The van der Waals surface area contributed by atoms with Gasteiger partial charge in [0.1, 0.15) is 0 Å². The van der Waals surface area contributed by atoms with E-state index < -0.39 is 0 Å². The fourth-order valence-electron chi connectivity index (χ4n) is 7.72. The summed E-state index contributed by atoms with van der Waals surface area (Å²) in [6, 6.07) is 54.3. The van der Waals surface area contributed by atoms with Gasteiger partial charge in [0.2, 0.25) is 0 Å². The number of fused-ring (bicyclic) bond motifs is 11. The summed E-state index contributed by atoms with van der Waals surface area (Å²) in [5.74, 6) is 0. The zero-order valence-corrected chi connectivity index (χ0v) is 22.9. The summed E-state index contributed by atoms with van der Waals surface area (Å²) in [4.78, 5) is 0. The lowest BCUT2D eigenvalue weighted by Crippen LogP contribution is -1.89. The van der Waals surface area contributed by atoms with Crippen LogP contribution in [0.4, 0.5) is 0 Å². The third-order valence-electron chi connectivity index (χ3n) is 9.50. The maximum absolute atomic E-state index is 2.42. The van der Waals surface area contributed by atoms with Crippen molar-refractivity contribution in [1.82, 2.24) is 0 Å². The highest BCUT2D eigenvalue weighted by Crippen LogP contribution is 2.45. The molecule has 0 unspecified atom stereocenters. The van der Waals surface area contributed by atoms with E-state index in [9.17, 15) is 0 Å². The lowest BCUT2D eigenvalue weighted by molar-refractivity contribution is 1.71. The standard InChI is InChI=1S/C42H24/c1-4-13-34-31(10-1)32-11-2-5-14-35(32)42-37-21-20-27(24-38(37)33-12-3-6-15-36(33)41(34)42)30-22-28-18-16-25-8-7-9-26-17-19-29(23-30)40(28)39(25)26/h1-24H. The quantitative estimate of drug-likeness (QED) is 0.186. The molecule has 0 radical (unpaired) electrons. The molecule has 0 heteroatoms. The Hall–Kier alpha value is -5.46. The number of hydrogen-bond donors (Lipinski definition) is 0. The molecule has 0 aliphatic rings. The second kappa shape index (κ2) is 8.06. The number of benzene rings is 10. The first-order chi connectivity index (χ1) is 20.8. The monoisotopic (exact) mass is 528 g/mol. The van der Waals surface area contributed by atoms with Crippen LogP contribution >= 0.6 is 0 Å². The van der Waals surface area contributed by atoms with E-state index in [0.29, 0.717) is 0 Å². The van der Waals surface area contributed by atoms with Crippen molar-refractivity contribution in [2.24, 2.45) is 0 Å². The Labute approximate surface area is 242 Å². The van der Waals surface area contributed by atoms with Crippen molar-refractivity contribution >= 4 is 86.2 Å². The average molecular weight is 529 g/mol. The Balaban J connectivity index is 1.34. The first kappa shape index (κ1) is 22.3. The van der Waals surface area contributed by atoms with Gasteiger partial charge in [-0.1, -0.05) is 127 Å². The second-order valence-electron chi connectivity index (χ2n) is 11.7. The van der Waals surface area contributed by atoms with Gasteiger partial charge in [-0.25, -0.2) is 0 Å². The van der Waals surface area contributed by atoms with Gasteiger partial charge in [-0.15, -0.1) is 0 Å². The molecule has 0 bridgehead atoms. The van der Waals surface area contributed by atoms with Gasteiger partial charge in [-0.3, -0.25) is 0 Å². The van der Waals surface area contributed by atoms with E-state index in [0.717, 1.165) is 0 Å². The van der Waals surface area contributed by atoms with Crippen molar-refractivity contribution < 1.29 is 0 Å². The molecule has 10 rings (SSSR count). The smallest absolute Gasteiger partial charge is 0.00139 e. The summed E-state index contributed by atoms with van der Waals surface area (Å²) < 4.78 is 0. The first-order valence-electron chi connectivity index (χ1n) is 14.7. The molecule has 0 fully saturated rings. The third kappa shape index (κ3) is 2.86. The summed E-state index contributed by atoms with van der Waals surface area (Å²) in [5, 5.41) is 21.1. The minimum atomic E-state index is 1.25. The van der Waals surface area contributed by atoms with E-state index >= 15 is 0 Å². The number of hydrogen-bond acceptors (Lipinski definition) is 0. The molecule has 10 aromatic carbocycles. The normalized spacial score (nSPS) is 12.3. The zero-order valence-electron chi connectivity index (χ0n) is 22.9. The number of rotatable bonds is 1. The van der Waals surface area contributed by atoms with Gasteiger partial charge in [-0.05, 0) is 116 Å². The molecule has 0 aliphatic carbocycles. The predicted molar refractivity (Wildman–Crippen MR) is 183 cm³/mol. The van der Waals surface area contributed by atoms with Crippen LogP contribution in [0.3, 0.4) is 0 Å². The van der Waals surface area contributed by atoms with Crippen molar-refractivity contribution in [3.05, 3.63) is 146 Å². The molecule has 0 heterocycles. The van der Waals surface area contributed by atoms with Crippen LogP contribution in [0, 0.1) is 0 Å². The van der Waals surface area contributed by atoms with Gasteiger partial charge >= 0.3 is 0 Å². The highest BCUT2D eigenvalue weighted by atomic mass is 14.2. The molecule has 0 N–H and O–H groups in total. The molecule has 0 saturated carbocycles. The summed E-state index contributed by atoms with van der Waals surface area (Å²) >= 11 is 0. The predicted octanol–water partition coefficient (Wildman–Crippen LogP) is 12.0. The van der Waals surface area contributed by atoms with Gasteiger partial charge in [0.05, 0.1) is 0 Å². The molecule has 0 aromatic heterocycles. The highest BCUT2D eigenvalue weighted by Gasteiger charge is 2.17. The molecule has 0 spiro atoms. The maximum atomic E-state index is 2.42. The molecule has 10 aromatic rings. The fraction of sp³-hybridized carbons (Fsp3) is 0. The van der Waals surface area contributed by atoms with Crippen LogP contribution in [0.15, 0.2) is 146 Å². The zero-order chi connectivity index (χ0) is 27.4. The van der Waals surface area contributed by atoms with Crippen molar-refractivity contribution in [3.8, 4) is 11.1 Å². The van der Waals surface area contributed by atoms with Crippen molar-refractivity contribution in [2.45, 2.75) is 0 Å². The summed E-state index contributed by atoms with van der Waals surface area (Å²) in [7, 11) is 0. The van der Waals surface area contributed by atoms with Crippen LogP contribution in [0.5, 0.6) is 0 Å². The molecule has 0 saturated heterocycles. The molecule has 192 valence electrons. The molecule has 0 amide bonds. The summed E-state index contributed by atoms with van der Waals surface area (Å²) in [5.41, 5.74) is 2.51. The topological polar surface area (TPSA) is 0 Å². The SMILES string of the molecule is c1cc2ccc3cc(-c4ccc5c(c4)c4ccccc4c4c6ccccc6c6ccccc6c54)cc4ccc(c1)c2c34. The van der Waals surface area contributed by atoms with Crippen LogP contribution in [-0.2, 0) is 0 Å². The molecular weight excluding hydrogens is 504 g/mol. The van der Waals surface area contributed by atoms with Crippen molar-refractivity contribution in [1.29, 1.82) is 0 Å². The van der Waals surface area contributed by atoms with Crippen molar-refractivity contribution in [2.75, 3.05) is 0 Å². The minimum Gasteiger partial charge on any atom is -0.0616 e. The van der Waals surface area contributed by atoms with Crippen LogP contribution in [-0.4, -0.2) is 0 Å². The molecule has 42 heavy (non-hydrogen) atoms. The van der Waals surface area contributed by atoms with Crippen molar-refractivity contribution in [3.63, 3.8) is 0 Å². The molecule has 0 nitrogen and oxygen atoms in total. The van der Waals surface area contributed by atoms with Gasteiger partial charge in [0, 0.05) is 0 Å². The Morgan fingerprint density at radius 1 is 0.214 bits per heavy atom. The fourth-order valence-corrected chi connectivity index (χ4v) is 7.72. The lowest BCUT2D eigenvalue weighted by atomic mass is 9.86. The van der Waals surface area contributed by atoms with Gasteiger partial charge in [-0.2, -0.15) is 0 Å². The average Bonchev–Trinajstić information content (AvgIpc) is 3.06. The Morgan fingerprint density at radius 2 is 0.643 bits per heavy atom. The van der Waals surface area contributed by atoms with Gasteiger partial charge < -0.3 is 0 Å². The molecule has 0 aliphatic heterocycles. The Kier molecular flexibility index (Phi) is 4.27.